The van der Waals surface area contributed by atoms with E-state index >= 15 is 0 Å². The first-order valence-corrected chi connectivity index (χ1v) is 6.87. The number of anilines is 1. The SMILES string of the molecule is CCN(CC)c1nn(-c2ccc(Br)cc2)nc1C#N. The molecule has 5 nitrogen and oxygen atoms in total. The predicted octanol–water partition coefficient (Wildman–Crippen LogP) is 2.75. The molecule has 0 aliphatic heterocycles. The molecule has 0 radical (unpaired) electrons. The largest absolute Gasteiger partial charge is 0.353 e. The van der Waals surface area contributed by atoms with Crippen LogP contribution in [0, 0.1) is 11.3 Å². The van der Waals surface area contributed by atoms with Crippen molar-refractivity contribution in [3.8, 4) is 11.8 Å². The second kappa shape index (κ2) is 5.85. The zero-order valence-electron chi connectivity index (χ0n) is 10.8. The van der Waals surface area contributed by atoms with Gasteiger partial charge in [-0.25, -0.2) is 0 Å². The van der Waals surface area contributed by atoms with Crippen LogP contribution in [0.2, 0.25) is 0 Å². The van der Waals surface area contributed by atoms with Crippen molar-refractivity contribution in [1.82, 2.24) is 15.0 Å². The Morgan fingerprint density at radius 3 is 2.37 bits per heavy atom. The second-order valence-corrected chi connectivity index (χ2v) is 4.84. The molecule has 0 unspecified atom stereocenters. The van der Waals surface area contributed by atoms with Crippen molar-refractivity contribution in [2.24, 2.45) is 0 Å². The van der Waals surface area contributed by atoms with Gasteiger partial charge in [-0.3, -0.25) is 0 Å². The minimum Gasteiger partial charge on any atom is -0.353 e. The van der Waals surface area contributed by atoms with Crippen molar-refractivity contribution < 1.29 is 0 Å². The molecule has 0 saturated carbocycles. The number of benzene rings is 1. The standard InChI is InChI=1S/C13H14BrN5/c1-3-18(4-2)13-12(9-15)16-19(17-13)11-7-5-10(14)6-8-11/h5-8H,3-4H2,1-2H3. The van der Waals surface area contributed by atoms with Crippen LogP contribution in [0.15, 0.2) is 28.7 Å². The Hall–Kier alpha value is -1.87. The van der Waals surface area contributed by atoms with Crippen LogP contribution in [0.1, 0.15) is 19.5 Å². The fourth-order valence-electron chi connectivity index (χ4n) is 1.80. The van der Waals surface area contributed by atoms with Gasteiger partial charge in [0.1, 0.15) is 6.07 Å². The fraction of sp³-hybridized carbons (Fsp3) is 0.308. The number of nitriles is 1. The Balaban J connectivity index is 2.44. The van der Waals surface area contributed by atoms with Crippen LogP contribution in [0.25, 0.3) is 5.69 Å². The minimum absolute atomic E-state index is 0.353. The molecule has 0 amide bonds. The Kier molecular flexibility index (Phi) is 4.17. The number of aromatic nitrogens is 3. The average Bonchev–Trinajstić information content (AvgIpc) is 2.85. The Morgan fingerprint density at radius 1 is 1.21 bits per heavy atom. The number of rotatable bonds is 4. The molecule has 0 aliphatic carbocycles. The molecular formula is C13H14BrN5. The van der Waals surface area contributed by atoms with Gasteiger partial charge in [0.15, 0.2) is 5.82 Å². The predicted molar refractivity (Wildman–Crippen MR) is 77.3 cm³/mol. The Labute approximate surface area is 120 Å². The van der Waals surface area contributed by atoms with Crippen molar-refractivity contribution in [3.05, 3.63) is 34.4 Å². The van der Waals surface area contributed by atoms with Crippen LogP contribution in [0.5, 0.6) is 0 Å². The molecule has 98 valence electrons. The first-order valence-electron chi connectivity index (χ1n) is 6.08. The lowest BCUT2D eigenvalue weighted by Crippen LogP contribution is -2.23. The third-order valence-electron chi connectivity index (χ3n) is 2.82. The van der Waals surface area contributed by atoms with Crippen molar-refractivity contribution in [3.63, 3.8) is 0 Å². The molecule has 6 heteroatoms. The van der Waals surface area contributed by atoms with E-state index in [9.17, 15) is 0 Å². The first kappa shape index (κ1) is 13.6. The molecule has 0 atom stereocenters. The van der Waals surface area contributed by atoms with E-state index < -0.39 is 0 Å². The molecule has 19 heavy (non-hydrogen) atoms. The highest BCUT2D eigenvalue weighted by atomic mass is 79.9. The molecule has 2 rings (SSSR count). The van der Waals surface area contributed by atoms with Gasteiger partial charge in [0.2, 0.25) is 5.69 Å². The zero-order valence-corrected chi connectivity index (χ0v) is 12.4. The third-order valence-corrected chi connectivity index (χ3v) is 3.35. The lowest BCUT2D eigenvalue weighted by atomic mass is 10.3. The molecule has 0 spiro atoms. The highest BCUT2D eigenvalue weighted by Gasteiger charge is 2.16. The summed E-state index contributed by atoms with van der Waals surface area (Å²) < 4.78 is 0.993. The van der Waals surface area contributed by atoms with Crippen molar-refractivity contribution in [2.75, 3.05) is 18.0 Å². The van der Waals surface area contributed by atoms with Gasteiger partial charge in [-0.2, -0.15) is 5.26 Å². The summed E-state index contributed by atoms with van der Waals surface area (Å²) in [5, 5.41) is 17.8. The Bertz CT molecular complexity index is 592. The molecule has 0 aliphatic rings. The lowest BCUT2D eigenvalue weighted by Gasteiger charge is -2.16. The van der Waals surface area contributed by atoms with E-state index in [0.29, 0.717) is 11.5 Å². The molecule has 0 fully saturated rings. The molecule has 1 aromatic carbocycles. The quantitative estimate of drug-likeness (QED) is 0.869. The van der Waals surface area contributed by atoms with E-state index in [4.69, 9.17) is 5.26 Å². The first-order chi connectivity index (χ1) is 9.19. The van der Waals surface area contributed by atoms with Crippen LogP contribution in [0.3, 0.4) is 0 Å². The van der Waals surface area contributed by atoms with Gasteiger partial charge in [-0.1, -0.05) is 15.9 Å². The number of hydrogen-bond acceptors (Lipinski definition) is 4. The normalized spacial score (nSPS) is 10.2. The van der Waals surface area contributed by atoms with E-state index in [-0.39, 0.29) is 0 Å². The molecular weight excluding hydrogens is 306 g/mol. The van der Waals surface area contributed by atoms with Gasteiger partial charge in [0.05, 0.1) is 5.69 Å². The maximum atomic E-state index is 9.16. The van der Waals surface area contributed by atoms with E-state index in [1.54, 1.807) is 0 Å². The van der Waals surface area contributed by atoms with Crippen LogP contribution in [-0.4, -0.2) is 28.1 Å². The maximum absolute atomic E-state index is 9.16. The Morgan fingerprint density at radius 2 is 1.84 bits per heavy atom. The van der Waals surface area contributed by atoms with Crippen LogP contribution < -0.4 is 4.90 Å². The summed E-state index contributed by atoms with van der Waals surface area (Å²) in [6.07, 6.45) is 0. The summed E-state index contributed by atoms with van der Waals surface area (Å²) >= 11 is 3.39. The van der Waals surface area contributed by atoms with E-state index in [2.05, 4.69) is 32.2 Å². The van der Waals surface area contributed by atoms with Gasteiger partial charge in [-0.15, -0.1) is 15.0 Å². The molecule has 0 N–H and O–H groups in total. The van der Waals surface area contributed by atoms with Crippen molar-refractivity contribution in [2.45, 2.75) is 13.8 Å². The lowest BCUT2D eigenvalue weighted by molar-refractivity contribution is 0.737. The maximum Gasteiger partial charge on any atom is 0.207 e. The topological polar surface area (TPSA) is 57.7 Å². The van der Waals surface area contributed by atoms with E-state index in [0.717, 1.165) is 23.2 Å². The van der Waals surface area contributed by atoms with Gasteiger partial charge in [0.25, 0.3) is 0 Å². The second-order valence-electron chi connectivity index (χ2n) is 3.92. The van der Waals surface area contributed by atoms with Gasteiger partial charge in [0, 0.05) is 17.6 Å². The summed E-state index contributed by atoms with van der Waals surface area (Å²) in [5.74, 6) is 0.635. The van der Waals surface area contributed by atoms with E-state index in [1.807, 2.05) is 43.0 Å². The molecule has 0 bridgehead atoms. The summed E-state index contributed by atoms with van der Waals surface area (Å²) in [7, 11) is 0. The molecule has 2 aromatic rings. The van der Waals surface area contributed by atoms with Gasteiger partial charge < -0.3 is 4.90 Å². The van der Waals surface area contributed by atoms with Crippen LogP contribution in [0.4, 0.5) is 5.82 Å². The average molecular weight is 320 g/mol. The third kappa shape index (κ3) is 2.76. The minimum atomic E-state index is 0.353. The molecule has 1 heterocycles. The summed E-state index contributed by atoms with van der Waals surface area (Å²) in [6.45, 7) is 5.65. The number of halogens is 1. The molecule has 1 aromatic heterocycles. The van der Waals surface area contributed by atoms with Crippen molar-refractivity contribution in [1.29, 1.82) is 5.26 Å². The van der Waals surface area contributed by atoms with Gasteiger partial charge in [-0.05, 0) is 38.1 Å². The van der Waals surface area contributed by atoms with Gasteiger partial charge >= 0.3 is 0 Å². The molecule has 0 saturated heterocycles. The number of hydrogen-bond donors (Lipinski definition) is 0. The summed E-state index contributed by atoms with van der Waals surface area (Å²) in [6, 6.07) is 9.74. The summed E-state index contributed by atoms with van der Waals surface area (Å²) in [5.41, 5.74) is 1.18. The monoisotopic (exact) mass is 319 g/mol. The smallest absolute Gasteiger partial charge is 0.207 e. The highest BCUT2D eigenvalue weighted by Crippen LogP contribution is 2.18. The van der Waals surface area contributed by atoms with Crippen LogP contribution in [-0.2, 0) is 0 Å². The van der Waals surface area contributed by atoms with Crippen molar-refractivity contribution >= 4 is 21.7 Å². The number of nitrogens with zero attached hydrogens (tertiary/aromatic N) is 5. The highest BCUT2D eigenvalue weighted by molar-refractivity contribution is 9.10. The van der Waals surface area contributed by atoms with Crippen LogP contribution >= 0.6 is 15.9 Å². The fourth-order valence-corrected chi connectivity index (χ4v) is 2.06. The zero-order chi connectivity index (χ0) is 13.8. The van der Waals surface area contributed by atoms with E-state index in [1.165, 1.54) is 4.80 Å². The summed E-state index contributed by atoms with van der Waals surface area (Å²) in [4.78, 5) is 3.51.